The molecule has 2 atom stereocenters. The van der Waals surface area contributed by atoms with Crippen molar-refractivity contribution >= 4 is 35.8 Å². The first-order valence-electron chi connectivity index (χ1n) is 14.5. The molecule has 0 spiro atoms. The van der Waals surface area contributed by atoms with E-state index in [1.165, 1.54) is 43.3 Å². The minimum atomic E-state index is -1.03. The minimum absolute atomic E-state index is 0.138. The van der Waals surface area contributed by atoms with Crippen molar-refractivity contribution in [3.63, 3.8) is 0 Å². The van der Waals surface area contributed by atoms with Crippen LogP contribution in [0.5, 0.6) is 0 Å². The highest BCUT2D eigenvalue weighted by Gasteiger charge is 2.46. The van der Waals surface area contributed by atoms with Crippen LogP contribution in [0.4, 0.5) is 10.5 Å². The van der Waals surface area contributed by atoms with Gasteiger partial charge in [-0.05, 0) is 63.9 Å². The van der Waals surface area contributed by atoms with Gasteiger partial charge in [-0.25, -0.2) is 14.8 Å². The molecule has 0 radical (unpaired) electrons. The number of likely N-dealkylation sites (tertiary alicyclic amines) is 1. The number of nitrogens with zero attached hydrogens (tertiary/aromatic N) is 5. The Balaban J connectivity index is 1.49. The lowest BCUT2D eigenvalue weighted by Crippen LogP contribution is -2.55. The van der Waals surface area contributed by atoms with Gasteiger partial charge in [-0.3, -0.25) is 29.5 Å². The Bertz CT molecular complexity index is 1390. The maximum Gasteiger partial charge on any atom is 0.362 e. The smallest absolute Gasteiger partial charge is 0.362 e. The summed E-state index contributed by atoms with van der Waals surface area (Å²) in [6.45, 7) is 5.62. The van der Waals surface area contributed by atoms with E-state index in [4.69, 9.17) is 9.47 Å². The van der Waals surface area contributed by atoms with Crippen LogP contribution in [-0.4, -0.2) is 89.8 Å². The number of methoxy groups -OCH3 is 1. The number of nitro benzene ring substituents is 1. The van der Waals surface area contributed by atoms with Crippen LogP contribution in [-0.2, 0) is 29.3 Å². The van der Waals surface area contributed by atoms with Gasteiger partial charge in [0.2, 0.25) is 6.41 Å². The fraction of sp³-hybridized carbons (Fsp3) is 0.452. The first-order valence-corrected chi connectivity index (χ1v) is 14.5. The van der Waals surface area contributed by atoms with Crippen molar-refractivity contribution in [3.05, 3.63) is 75.8 Å². The molecule has 1 saturated heterocycles. The molecule has 2 aromatic carbocycles. The summed E-state index contributed by atoms with van der Waals surface area (Å²) in [5.74, 6) is -1.91. The second kappa shape index (κ2) is 14.2. The normalized spacial score (nSPS) is 19.9. The fourth-order valence-corrected chi connectivity index (χ4v) is 6.05. The third-order valence-electron chi connectivity index (χ3n) is 8.36. The maximum absolute atomic E-state index is 13.2. The van der Waals surface area contributed by atoms with E-state index in [1.54, 1.807) is 6.92 Å². The molecule has 0 saturated carbocycles. The van der Waals surface area contributed by atoms with Gasteiger partial charge in [0.15, 0.2) is 0 Å². The van der Waals surface area contributed by atoms with Gasteiger partial charge in [-0.1, -0.05) is 42.5 Å². The number of hydrazine groups is 1. The van der Waals surface area contributed by atoms with Gasteiger partial charge in [0.1, 0.15) is 5.92 Å². The summed E-state index contributed by atoms with van der Waals surface area (Å²) in [4.78, 5) is 68.5. The number of piperidine rings is 1. The summed E-state index contributed by atoms with van der Waals surface area (Å²) in [6.07, 6.45) is 2.15. The number of nitro groups is 1. The van der Waals surface area contributed by atoms with E-state index in [0.717, 1.165) is 10.6 Å². The Morgan fingerprint density at radius 3 is 2.36 bits per heavy atom. The molecular weight excluding hydrogens is 570 g/mol. The predicted octanol–water partition coefficient (Wildman–Crippen LogP) is 3.68. The van der Waals surface area contributed by atoms with Gasteiger partial charge in [0.05, 0.1) is 30.1 Å². The number of carbonyl (C=O) groups is 4. The third kappa shape index (κ3) is 6.62. The summed E-state index contributed by atoms with van der Waals surface area (Å²) < 4.78 is 10.5. The zero-order valence-corrected chi connectivity index (χ0v) is 25.1. The van der Waals surface area contributed by atoms with Gasteiger partial charge < -0.3 is 14.4 Å². The predicted molar refractivity (Wildman–Crippen MR) is 160 cm³/mol. The molecule has 4 rings (SSSR count). The number of carbonyl (C=O) groups excluding carboxylic acids is 4. The molecule has 44 heavy (non-hydrogen) atoms. The number of benzene rings is 2. The van der Waals surface area contributed by atoms with Gasteiger partial charge in [-0.2, -0.15) is 0 Å². The van der Waals surface area contributed by atoms with Gasteiger partial charge >= 0.3 is 18.0 Å². The average Bonchev–Trinajstić information content (AvgIpc) is 3.03. The van der Waals surface area contributed by atoms with Gasteiger partial charge in [0.25, 0.3) is 5.69 Å². The SMILES string of the molecule is CCOC(=O)C1(c2ccccc2)CCN(CCCN(C=O)N2C(=O)N=C(C)C(C(=O)OC)C2c2ccc([N+](=O)[O-])cc2)CC1. The molecule has 2 aliphatic heterocycles. The third-order valence-corrected chi connectivity index (χ3v) is 8.36. The molecule has 2 unspecified atom stereocenters. The Morgan fingerprint density at radius 1 is 1.14 bits per heavy atom. The second-order valence-corrected chi connectivity index (χ2v) is 10.8. The number of aliphatic imine (C=N–C) groups is 1. The highest BCUT2D eigenvalue weighted by atomic mass is 16.6. The van der Waals surface area contributed by atoms with Crippen molar-refractivity contribution in [3.8, 4) is 0 Å². The van der Waals surface area contributed by atoms with Crippen molar-refractivity contribution in [2.45, 2.75) is 44.6 Å². The summed E-state index contributed by atoms with van der Waals surface area (Å²) in [7, 11) is 1.22. The Kier molecular flexibility index (Phi) is 10.4. The van der Waals surface area contributed by atoms with Gasteiger partial charge in [-0.15, -0.1) is 0 Å². The summed E-state index contributed by atoms with van der Waals surface area (Å²) in [6, 6.07) is 13.4. The maximum atomic E-state index is 13.2. The van der Waals surface area contributed by atoms with Crippen LogP contribution in [0.2, 0.25) is 0 Å². The summed E-state index contributed by atoms with van der Waals surface area (Å²) in [5.41, 5.74) is 0.675. The Hall–Kier alpha value is -4.65. The molecule has 0 aliphatic carbocycles. The molecular formula is C31H37N5O8. The van der Waals surface area contributed by atoms with E-state index in [0.29, 0.717) is 57.5 Å². The number of hydrogen-bond donors (Lipinski definition) is 0. The average molecular weight is 608 g/mol. The number of esters is 2. The largest absolute Gasteiger partial charge is 0.468 e. The number of non-ortho nitro benzene ring substituents is 1. The van der Waals surface area contributed by atoms with Crippen molar-refractivity contribution in [1.29, 1.82) is 0 Å². The van der Waals surface area contributed by atoms with Crippen LogP contribution in [0.3, 0.4) is 0 Å². The van der Waals surface area contributed by atoms with E-state index in [2.05, 4.69) is 9.89 Å². The minimum Gasteiger partial charge on any atom is -0.468 e. The van der Waals surface area contributed by atoms with Crippen LogP contribution < -0.4 is 0 Å². The number of urea groups is 1. The Labute approximate surface area is 255 Å². The van der Waals surface area contributed by atoms with Crippen LogP contribution in [0.15, 0.2) is 59.6 Å². The molecule has 0 N–H and O–H groups in total. The lowest BCUT2D eigenvalue weighted by Gasteiger charge is -2.43. The number of rotatable bonds is 12. The standard InChI is InChI=1S/C31H37N5O8/c1-4-44-29(39)31(24-9-6-5-7-10-24)15-19-33(20-16-31)17-8-18-34(21-37)35-27(23-11-13-25(14-12-23)36(41)42)26(28(38)43-3)22(2)32-30(35)40/h5-7,9-14,21,26-27H,4,8,15-20H2,1-3H3. The van der Waals surface area contributed by atoms with Crippen molar-refractivity contribution < 1.29 is 33.6 Å². The van der Waals surface area contributed by atoms with Crippen molar-refractivity contribution in [2.75, 3.05) is 39.9 Å². The topological polar surface area (TPSA) is 152 Å². The van der Waals surface area contributed by atoms with E-state index in [9.17, 15) is 29.3 Å². The number of hydrogen-bond acceptors (Lipinski definition) is 9. The first kappa shape index (κ1) is 32.3. The van der Waals surface area contributed by atoms with Crippen LogP contribution in [0.1, 0.15) is 50.3 Å². The number of ether oxygens (including phenoxy) is 2. The van der Waals surface area contributed by atoms with E-state index >= 15 is 0 Å². The van der Waals surface area contributed by atoms with Crippen LogP contribution in [0, 0.1) is 16.0 Å². The summed E-state index contributed by atoms with van der Waals surface area (Å²) in [5, 5.41) is 13.5. The molecule has 13 heteroatoms. The van der Waals surface area contributed by atoms with E-state index in [-0.39, 0.29) is 23.9 Å². The molecule has 2 aliphatic rings. The van der Waals surface area contributed by atoms with Crippen LogP contribution >= 0.6 is 0 Å². The molecule has 1 fully saturated rings. The highest BCUT2D eigenvalue weighted by Crippen LogP contribution is 2.38. The molecule has 13 nitrogen and oxygen atoms in total. The van der Waals surface area contributed by atoms with E-state index < -0.39 is 34.3 Å². The molecule has 2 aromatic rings. The molecule has 2 heterocycles. The monoisotopic (exact) mass is 607 g/mol. The van der Waals surface area contributed by atoms with Crippen molar-refractivity contribution in [1.82, 2.24) is 14.9 Å². The quantitative estimate of drug-likeness (QED) is 0.152. The van der Waals surface area contributed by atoms with Crippen LogP contribution in [0.25, 0.3) is 0 Å². The van der Waals surface area contributed by atoms with E-state index in [1.807, 2.05) is 30.3 Å². The Morgan fingerprint density at radius 2 is 1.80 bits per heavy atom. The molecule has 0 aromatic heterocycles. The lowest BCUT2D eigenvalue weighted by atomic mass is 9.72. The molecule has 0 bridgehead atoms. The molecule has 234 valence electrons. The molecule has 3 amide bonds. The zero-order chi connectivity index (χ0) is 31.9. The van der Waals surface area contributed by atoms with Crippen molar-refractivity contribution in [2.24, 2.45) is 10.9 Å². The first-order chi connectivity index (χ1) is 21.2. The van der Waals surface area contributed by atoms with Gasteiger partial charge in [0, 0.05) is 24.4 Å². The lowest BCUT2D eigenvalue weighted by molar-refractivity contribution is -0.384. The second-order valence-electron chi connectivity index (χ2n) is 10.8. The fourth-order valence-electron chi connectivity index (χ4n) is 6.05. The zero-order valence-electron chi connectivity index (χ0n) is 25.1. The number of amides is 3. The highest BCUT2D eigenvalue weighted by molar-refractivity contribution is 6.08. The summed E-state index contributed by atoms with van der Waals surface area (Å²) >= 11 is 0.